The summed E-state index contributed by atoms with van der Waals surface area (Å²) in [6, 6.07) is 0. The van der Waals surface area contributed by atoms with Crippen molar-refractivity contribution in [2.75, 3.05) is 19.6 Å². The van der Waals surface area contributed by atoms with Crippen molar-refractivity contribution >= 4 is 30.7 Å². The fourth-order valence-electron chi connectivity index (χ4n) is 1.40. The number of halogens is 2. The molecule has 1 amide bonds. The Labute approximate surface area is 121 Å². The van der Waals surface area contributed by atoms with E-state index in [-0.39, 0.29) is 30.7 Å². The van der Waals surface area contributed by atoms with Crippen LogP contribution in [0.3, 0.4) is 0 Å². The molecule has 0 atom stereocenters. The average molecular weight is 297 g/mol. The predicted octanol–water partition coefficient (Wildman–Crippen LogP) is 0.922. The summed E-state index contributed by atoms with van der Waals surface area (Å²) in [6.07, 6.45) is 5.09. The number of rotatable bonds is 7. The van der Waals surface area contributed by atoms with E-state index in [1.54, 1.807) is 10.9 Å². The Morgan fingerprint density at radius 1 is 1.33 bits per heavy atom. The number of aryl methyl sites for hydroxylation is 1. The molecule has 0 fully saturated rings. The van der Waals surface area contributed by atoms with Gasteiger partial charge in [-0.1, -0.05) is 6.92 Å². The lowest BCUT2D eigenvalue weighted by Crippen LogP contribution is -2.32. The quantitative estimate of drug-likeness (QED) is 0.736. The fourth-order valence-corrected chi connectivity index (χ4v) is 1.40. The van der Waals surface area contributed by atoms with E-state index in [2.05, 4.69) is 22.7 Å². The van der Waals surface area contributed by atoms with Crippen LogP contribution in [0.4, 0.5) is 0 Å². The van der Waals surface area contributed by atoms with Crippen LogP contribution in [0.1, 0.15) is 18.9 Å². The molecule has 0 aromatic carbocycles. The van der Waals surface area contributed by atoms with E-state index in [1.807, 2.05) is 13.2 Å². The van der Waals surface area contributed by atoms with Gasteiger partial charge in [-0.05, 0) is 18.5 Å². The number of nitrogens with zero attached hydrogens (tertiary/aromatic N) is 2. The minimum Gasteiger partial charge on any atom is -0.355 e. The third-order valence-electron chi connectivity index (χ3n) is 2.17. The molecule has 0 saturated carbocycles. The third-order valence-corrected chi connectivity index (χ3v) is 2.17. The van der Waals surface area contributed by atoms with Crippen molar-refractivity contribution in [3.05, 3.63) is 18.0 Å². The Kier molecular flexibility index (Phi) is 12.3. The van der Waals surface area contributed by atoms with Crippen LogP contribution in [-0.4, -0.2) is 35.3 Å². The first-order chi connectivity index (χ1) is 7.72. The Morgan fingerprint density at radius 2 is 2.06 bits per heavy atom. The van der Waals surface area contributed by atoms with Gasteiger partial charge in [-0.3, -0.25) is 9.48 Å². The molecule has 106 valence electrons. The van der Waals surface area contributed by atoms with Crippen molar-refractivity contribution in [2.45, 2.75) is 19.8 Å². The van der Waals surface area contributed by atoms with Crippen LogP contribution >= 0.6 is 24.8 Å². The van der Waals surface area contributed by atoms with Crippen molar-refractivity contribution in [1.82, 2.24) is 20.4 Å². The Morgan fingerprint density at radius 3 is 2.61 bits per heavy atom. The molecule has 5 nitrogen and oxygen atoms in total. The van der Waals surface area contributed by atoms with Gasteiger partial charge in [0.15, 0.2) is 0 Å². The lowest BCUT2D eigenvalue weighted by atomic mass is 10.2. The Bertz CT molecular complexity index is 331. The smallest absolute Gasteiger partial charge is 0.224 e. The normalized spacial score (nSPS) is 9.22. The summed E-state index contributed by atoms with van der Waals surface area (Å²) in [5, 5.41) is 10.1. The first kappa shape index (κ1) is 19.6. The molecule has 0 saturated heterocycles. The van der Waals surface area contributed by atoms with E-state index < -0.39 is 0 Å². The maximum Gasteiger partial charge on any atom is 0.224 e. The summed E-state index contributed by atoms with van der Waals surface area (Å²) in [7, 11) is 1.84. The van der Waals surface area contributed by atoms with Crippen LogP contribution in [-0.2, 0) is 18.3 Å². The molecular formula is C11H22Cl2N4O. The highest BCUT2D eigenvalue weighted by Gasteiger charge is 2.03. The zero-order valence-electron chi connectivity index (χ0n) is 10.8. The molecular weight excluding hydrogens is 275 g/mol. The molecule has 0 spiro atoms. The first-order valence-corrected chi connectivity index (χ1v) is 5.67. The molecule has 0 aliphatic rings. The van der Waals surface area contributed by atoms with Crippen molar-refractivity contribution in [1.29, 1.82) is 0 Å². The standard InChI is InChI=1S/C11H20N4O.2ClH/c1-3-4-12-5-6-13-11(16)7-10-8-14-15(2)9-10;;/h8-9,12H,3-7H2,1-2H3,(H,13,16);2*1H. The van der Waals surface area contributed by atoms with Gasteiger partial charge in [0.25, 0.3) is 0 Å². The molecule has 1 aromatic rings. The van der Waals surface area contributed by atoms with Crippen LogP contribution in [0.25, 0.3) is 0 Å². The Balaban J connectivity index is 0. The molecule has 18 heavy (non-hydrogen) atoms. The summed E-state index contributed by atoms with van der Waals surface area (Å²) in [6.45, 7) is 4.62. The third kappa shape index (κ3) is 8.33. The monoisotopic (exact) mass is 296 g/mol. The highest BCUT2D eigenvalue weighted by atomic mass is 35.5. The van der Waals surface area contributed by atoms with Gasteiger partial charge in [0.05, 0.1) is 12.6 Å². The summed E-state index contributed by atoms with van der Waals surface area (Å²) in [5.74, 6) is 0.0475. The average Bonchev–Trinajstić information content (AvgIpc) is 2.63. The van der Waals surface area contributed by atoms with Gasteiger partial charge >= 0.3 is 0 Å². The molecule has 0 aliphatic carbocycles. The Hall–Kier alpha value is -0.780. The van der Waals surface area contributed by atoms with Crippen molar-refractivity contribution in [3.8, 4) is 0 Å². The number of nitrogens with one attached hydrogen (secondary N) is 2. The van der Waals surface area contributed by atoms with Gasteiger partial charge in [0.1, 0.15) is 0 Å². The SMILES string of the molecule is CCCNCCNC(=O)Cc1cnn(C)c1.Cl.Cl. The largest absolute Gasteiger partial charge is 0.355 e. The number of aromatic nitrogens is 2. The second kappa shape index (κ2) is 11.3. The van der Waals surface area contributed by atoms with E-state index in [0.29, 0.717) is 13.0 Å². The summed E-state index contributed by atoms with van der Waals surface area (Å²) in [5.41, 5.74) is 0.946. The van der Waals surface area contributed by atoms with Crippen molar-refractivity contribution in [3.63, 3.8) is 0 Å². The molecule has 1 aromatic heterocycles. The van der Waals surface area contributed by atoms with E-state index in [1.165, 1.54) is 0 Å². The van der Waals surface area contributed by atoms with Crippen molar-refractivity contribution < 1.29 is 4.79 Å². The lowest BCUT2D eigenvalue weighted by Gasteiger charge is -2.04. The maximum absolute atomic E-state index is 11.5. The molecule has 0 unspecified atom stereocenters. The van der Waals surface area contributed by atoms with Gasteiger partial charge in [-0.15, -0.1) is 24.8 Å². The number of hydrogen-bond donors (Lipinski definition) is 2. The van der Waals surface area contributed by atoms with Gasteiger partial charge in [-0.25, -0.2) is 0 Å². The number of carbonyl (C=O) groups is 1. The topological polar surface area (TPSA) is 58.9 Å². The zero-order valence-corrected chi connectivity index (χ0v) is 12.4. The molecule has 0 bridgehead atoms. The van der Waals surface area contributed by atoms with Crippen LogP contribution in [0, 0.1) is 0 Å². The van der Waals surface area contributed by atoms with E-state index in [0.717, 1.165) is 25.1 Å². The zero-order chi connectivity index (χ0) is 11.8. The minimum absolute atomic E-state index is 0. The van der Waals surface area contributed by atoms with Gasteiger partial charge in [0, 0.05) is 26.3 Å². The van der Waals surface area contributed by atoms with Crippen LogP contribution in [0.2, 0.25) is 0 Å². The number of amides is 1. The molecule has 2 N–H and O–H groups in total. The van der Waals surface area contributed by atoms with Crippen LogP contribution < -0.4 is 10.6 Å². The van der Waals surface area contributed by atoms with Crippen molar-refractivity contribution in [2.24, 2.45) is 7.05 Å². The van der Waals surface area contributed by atoms with Gasteiger partial charge < -0.3 is 10.6 Å². The summed E-state index contributed by atoms with van der Waals surface area (Å²) in [4.78, 5) is 11.5. The highest BCUT2D eigenvalue weighted by Crippen LogP contribution is 1.96. The van der Waals surface area contributed by atoms with Crippen LogP contribution in [0.15, 0.2) is 12.4 Å². The van der Waals surface area contributed by atoms with E-state index in [9.17, 15) is 4.79 Å². The molecule has 0 radical (unpaired) electrons. The van der Waals surface area contributed by atoms with Gasteiger partial charge in [0.2, 0.25) is 5.91 Å². The van der Waals surface area contributed by atoms with Gasteiger partial charge in [-0.2, -0.15) is 5.10 Å². The van der Waals surface area contributed by atoms with E-state index in [4.69, 9.17) is 0 Å². The molecule has 1 heterocycles. The van der Waals surface area contributed by atoms with E-state index >= 15 is 0 Å². The number of carbonyl (C=O) groups excluding carboxylic acids is 1. The minimum atomic E-state index is 0. The molecule has 0 aliphatic heterocycles. The van der Waals surface area contributed by atoms with Crippen LogP contribution in [0.5, 0.6) is 0 Å². The lowest BCUT2D eigenvalue weighted by molar-refractivity contribution is -0.120. The maximum atomic E-state index is 11.5. The second-order valence-electron chi connectivity index (χ2n) is 3.80. The second-order valence-corrected chi connectivity index (χ2v) is 3.80. The first-order valence-electron chi connectivity index (χ1n) is 5.67. The summed E-state index contributed by atoms with van der Waals surface area (Å²) >= 11 is 0. The number of hydrogen-bond acceptors (Lipinski definition) is 3. The highest BCUT2D eigenvalue weighted by molar-refractivity contribution is 5.85. The summed E-state index contributed by atoms with van der Waals surface area (Å²) < 4.78 is 1.70. The molecule has 7 heteroatoms. The molecule has 1 rings (SSSR count). The predicted molar refractivity (Wildman–Crippen MR) is 77.6 cm³/mol. The fraction of sp³-hybridized carbons (Fsp3) is 0.636.